The topological polar surface area (TPSA) is 115 Å². The van der Waals surface area contributed by atoms with Crippen LogP contribution in [0.15, 0.2) is 47.6 Å². The van der Waals surface area contributed by atoms with Crippen LogP contribution in [0.5, 0.6) is 0 Å². The minimum absolute atomic E-state index is 0.0546. The molecule has 3 rings (SSSR count). The van der Waals surface area contributed by atoms with E-state index in [2.05, 4.69) is 20.8 Å². The van der Waals surface area contributed by atoms with Gasteiger partial charge in [-0.25, -0.2) is 4.79 Å². The van der Waals surface area contributed by atoms with Crippen LogP contribution < -0.4 is 10.6 Å². The largest absolute Gasteiger partial charge is 0.465 e. The normalized spacial score (nSPS) is 11.8. The number of methoxy groups -OCH3 is 1. The molecule has 0 radical (unpaired) electrons. The number of halogens is 1. The van der Waals surface area contributed by atoms with Crippen molar-refractivity contribution in [1.29, 1.82) is 0 Å². The van der Waals surface area contributed by atoms with Gasteiger partial charge in [0.25, 0.3) is 5.91 Å². The first-order chi connectivity index (χ1) is 17.6. The van der Waals surface area contributed by atoms with Crippen LogP contribution in [-0.4, -0.2) is 45.4 Å². The molecule has 0 saturated carbocycles. The Morgan fingerprint density at radius 3 is 2.43 bits per heavy atom. The molecule has 9 nitrogen and oxygen atoms in total. The number of aryl methyl sites for hydroxylation is 1. The summed E-state index contributed by atoms with van der Waals surface area (Å²) in [6, 6.07) is 11.6. The number of benzene rings is 2. The van der Waals surface area contributed by atoms with Crippen LogP contribution in [0.2, 0.25) is 5.02 Å². The SMILES string of the molecule is CCn1c(SCC(=O)Nc2ccc(Cl)c(C(=O)OC)c2)nnc1[C@@H](NC(=O)c1ccc(C)cc1)C(C)C. The quantitative estimate of drug-likeness (QED) is 0.276. The second-order valence-electron chi connectivity index (χ2n) is 8.67. The number of hydrogen-bond acceptors (Lipinski definition) is 7. The van der Waals surface area contributed by atoms with Crippen molar-refractivity contribution in [3.8, 4) is 0 Å². The van der Waals surface area contributed by atoms with Crippen LogP contribution >= 0.6 is 23.4 Å². The Morgan fingerprint density at radius 2 is 1.81 bits per heavy atom. The number of anilines is 1. The van der Waals surface area contributed by atoms with E-state index in [4.69, 9.17) is 16.3 Å². The molecule has 0 unspecified atom stereocenters. The van der Waals surface area contributed by atoms with Gasteiger partial charge in [0.05, 0.1) is 29.5 Å². The maximum Gasteiger partial charge on any atom is 0.339 e. The molecule has 2 aromatic carbocycles. The predicted octanol–water partition coefficient (Wildman–Crippen LogP) is 4.90. The molecule has 2 N–H and O–H groups in total. The summed E-state index contributed by atoms with van der Waals surface area (Å²) in [4.78, 5) is 37.3. The molecule has 3 aromatic rings. The highest BCUT2D eigenvalue weighted by atomic mass is 35.5. The van der Waals surface area contributed by atoms with Crippen LogP contribution in [0.3, 0.4) is 0 Å². The number of hydrogen-bond donors (Lipinski definition) is 2. The van der Waals surface area contributed by atoms with Crippen molar-refractivity contribution >= 4 is 46.8 Å². The number of nitrogens with zero attached hydrogens (tertiary/aromatic N) is 3. The number of amides is 2. The van der Waals surface area contributed by atoms with Crippen LogP contribution in [0.25, 0.3) is 0 Å². The molecule has 37 heavy (non-hydrogen) atoms. The number of ether oxygens (including phenoxy) is 1. The van der Waals surface area contributed by atoms with Crippen molar-refractivity contribution in [2.75, 3.05) is 18.2 Å². The summed E-state index contributed by atoms with van der Waals surface area (Å²) in [5.74, 6) is -0.319. The van der Waals surface area contributed by atoms with Gasteiger partial charge in [-0.2, -0.15) is 0 Å². The van der Waals surface area contributed by atoms with Crippen LogP contribution in [0.4, 0.5) is 5.69 Å². The van der Waals surface area contributed by atoms with E-state index >= 15 is 0 Å². The Kier molecular flexibility index (Phi) is 9.71. The van der Waals surface area contributed by atoms with Crippen LogP contribution in [-0.2, 0) is 16.1 Å². The van der Waals surface area contributed by atoms with Gasteiger partial charge in [0, 0.05) is 17.8 Å². The van der Waals surface area contributed by atoms with Gasteiger partial charge < -0.3 is 19.9 Å². The van der Waals surface area contributed by atoms with Gasteiger partial charge in [0.2, 0.25) is 5.91 Å². The fourth-order valence-corrected chi connectivity index (χ4v) is 4.59. The third kappa shape index (κ3) is 7.11. The van der Waals surface area contributed by atoms with Crippen LogP contribution in [0, 0.1) is 12.8 Å². The van der Waals surface area contributed by atoms with Crippen molar-refractivity contribution in [3.05, 3.63) is 70.0 Å². The number of carbonyl (C=O) groups is 3. The molecule has 0 aliphatic rings. The third-order valence-corrected chi connectivity index (χ3v) is 6.89. The van der Waals surface area contributed by atoms with Crippen molar-refractivity contribution in [1.82, 2.24) is 20.1 Å². The maximum absolute atomic E-state index is 12.9. The van der Waals surface area contributed by atoms with E-state index < -0.39 is 5.97 Å². The first kappa shape index (κ1) is 28.2. The first-order valence-corrected chi connectivity index (χ1v) is 13.1. The molecular formula is C26H30ClN5O4S. The second kappa shape index (κ2) is 12.7. The zero-order valence-corrected chi connectivity index (χ0v) is 22.9. The summed E-state index contributed by atoms with van der Waals surface area (Å²) in [6.07, 6.45) is 0. The van der Waals surface area contributed by atoms with E-state index in [1.165, 1.54) is 31.0 Å². The molecule has 1 atom stereocenters. The predicted molar refractivity (Wildman–Crippen MR) is 144 cm³/mol. The Labute approximate surface area is 225 Å². The van der Waals surface area contributed by atoms with Crippen molar-refractivity contribution in [2.24, 2.45) is 5.92 Å². The average molecular weight is 544 g/mol. The number of rotatable bonds is 10. The Hall–Kier alpha value is -3.37. The molecule has 1 aromatic heterocycles. The standard InChI is InChI=1S/C26H30ClN5O4S/c1-6-32-23(22(15(2)3)29-24(34)17-9-7-16(4)8-10-17)30-31-26(32)37-14-21(33)28-18-11-12-20(27)19(13-18)25(35)36-5/h7-13,15,22H,6,14H2,1-5H3,(H,28,33)(H,29,34)/t22-/m0/s1. The highest BCUT2D eigenvalue weighted by Crippen LogP contribution is 2.26. The van der Waals surface area contributed by atoms with Gasteiger partial charge in [-0.15, -0.1) is 10.2 Å². The number of nitrogens with one attached hydrogen (secondary N) is 2. The molecule has 0 aliphatic carbocycles. The zero-order chi connectivity index (χ0) is 27.1. The van der Waals surface area contributed by atoms with Gasteiger partial charge in [0.1, 0.15) is 0 Å². The lowest BCUT2D eigenvalue weighted by Gasteiger charge is -2.22. The van der Waals surface area contributed by atoms with Crippen molar-refractivity contribution < 1.29 is 19.1 Å². The lowest BCUT2D eigenvalue weighted by Crippen LogP contribution is -2.33. The third-order valence-electron chi connectivity index (χ3n) is 5.59. The molecule has 11 heteroatoms. The van der Waals surface area contributed by atoms with Crippen molar-refractivity contribution in [2.45, 2.75) is 45.4 Å². The number of esters is 1. The lowest BCUT2D eigenvalue weighted by atomic mass is 10.0. The molecule has 0 aliphatic heterocycles. The van der Waals surface area contributed by atoms with E-state index in [1.807, 2.05) is 44.4 Å². The smallest absolute Gasteiger partial charge is 0.339 e. The lowest BCUT2D eigenvalue weighted by molar-refractivity contribution is -0.113. The maximum atomic E-state index is 12.9. The minimum atomic E-state index is -0.590. The fraction of sp³-hybridized carbons (Fsp3) is 0.346. The molecule has 1 heterocycles. The Bertz CT molecular complexity index is 1280. The summed E-state index contributed by atoms with van der Waals surface area (Å²) in [7, 11) is 1.26. The summed E-state index contributed by atoms with van der Waals surface area (Å²) < 4.78 is 6.61. The summed E-state index contributed by atoms with van der Waals surface area (Å²) in [5.41, 5.74) is 2.24. The molecule has 2 amide bonds. The number of thioether (sulfide) groups is 1. The molecule has 0 bridgehead atoms. The van der Waals surface area contributed by atoms with E-state index in [0.717, 1.165) is 5.56 Å². The van der Waals surface area contributed by atoms with Crippen LogP contribution in [0.1, 0.15) is 58.9 Å². The second-order valence-corrected chi connectivity index (χ2v) is 10.0. The van der Waals surface area contributed by atoms with Gasteiger partial charge in [-0.3, -0.25) is 9.59 Å². The van der Waals surface area contributed by atoms with Crippen molar-refractivity contribution in [3.63, 3.8) is 0 Å². The average Bonchev–Trinajstić information content (AvgIpc) is 3.29. The van der Waals surface area contributed by atoms with E-state index in [0.29, 0.717) is 28.8 Å². The highest BCUT2D eigenvalue weighted by Gasteiger charge is 2.26. The highest BCUT2D eigenvalue weighted by molar-refractivity contribution is 7.99. The van der Waals surface area contributed by atoms with Gasteiger partial charge in [-0.05, 0) is 50.1 Å². The Balaban J connectivity index is 1.70. The molecule has 0 saturated heterocycles. The number of carbonyl (C=O) groups excluding carboxylic acids is 3. The minimum Gasteiger partial charge on any atom is -0.465 e. The zero-order valence-electron chi connectivity index (χ0n) is 21.4. The number of aromatic nitrogens is 3. The van der Waals surface area contributed by atoms with E-state index in [1.54, 1.807) is 18.2 Å². The monoisotopic (exact) mass is 543 g/mol. The first-order valence-electron chi connectivity index (χ1n) is 11.8. The summed E-state index contributed by atoms with van der Waals surface area (Å²) in [5, 5.41) is 15.3. The fourth-order valence-electron chi connectivity index (χ4n) is 3.59. The van der Waals surface area contributed by atoms with Gasteiger partial charge >= 0.3 is 5.97 Å². The van der Waals surface area contributed by atoms with Gasteiger partial charge in [0.15, 0.2) is 11.0 Å². The summed E-state index contributed by atoms with van der Waals surface area (Å²) in [6.45, 7) is 8.50. The van der Waals surface area contributed by atoms with E-state index in [9.17, 15) is 14.4 Å². The molecular weight excluding hydrogens is 514 g/mol. The molecule has 0 fully saturated rings. The molecule has 196 valence electrons. The molecule has 0 spiro atoms. The van der Waals surface area contributed by atoms with E-state index in [-0.39, 0.29) is 40.1 Å². The summed E-state index contributed by atoms with van der Waals surface area (Å²) >= 11 is 7.27. The Morgan fingerprint density at radius 1 is 1.11 bits per heavy atom. The van der Waals surface area contributed by atoms with Gasteiger partial charge in [-0.1, -0.05) is 54.9 Å².